The van der Waals surface area contributed by atoms with Gasteiger partial charge in [-0.15, -0.1) is 0 Å². The van der Waals surface area contributed by atoms with Crippen molar-refractivity contribution in [1.29, 1.82) is 0 Å². The number of nitrogens with zero attached hydrogens (tertiary/aromatic N) is 1. The number of hydrogen-bond donors (Lipinski definition) is 1. The van der Waals surface area contributed by atoms with Gasteiger partial charge < -0.3 is 5.73 Å². The van der Waals surface area contributed by atoms with Gasteiger partial charge in [0, 0.05) is 17.1 Å². The van der Waals surface area contributed by atoms with E-state index in [1.165, 1.54) is 23.8 Å². The Bertz CT molecular complexity index is 605. The summed E-state index contributed by atoms with van der Waals surface area (Å²) in [5.41, 5.74) is 8.92. The molecule has 1 aliphatic carbocycles. The highest BCUT2D eigenvalue weighted by atomic mass is 14.8. The predicted octanol–water partition coefficient (Wildman–Crippen LogP) is 4.24. The van der Waals surface area contributed by atoms with E-state index in [1.54, 1.807) is 0 Å². The van der Waals surface area contributed by atoms with Gasteiger partial charge >= 0.3 is 0 Å². The Morgan fingerprint density at radius 3 is 2.95 bits per heavy atom. The molecule has 106 valence electrons. The van der Waals surface area contributed by atoms with E-state index in [1.807, 2.05) is 12.3 Å². The van der Waals surface area contributed by atoms with Crippen molar-refractivity contribution >= 4 is 10.9 Å². The smallest absolute Gasteiger partial charge is 0.0705 e. The highest BCUT2D eigenvalue weighted by molar-refractivity contribution is 5.79. The Morgan fingerprint density at radius 1 is 1.30 bits per heavy atom. The molecule has 1 aliphatic rings. The van der Waals surface area contributed by atoms with Crippen LogP contribution in [0.1, 0.15) is 45.1 Å². The topological polar surface area (TPSA) is 38.9 Å². The third kappa shape index (κ3) is 2.45. The van der Waals surface area contributed by atoms with E-state index in [-0.39, 0.29) is 5.54 Å². The van der Waals surface area contributed by atoms with Crippen LogP contribution in [0, 0.1) is 11.8 Å². The van der Waals surface area contributed by atoms with Crippen LogP contribution < -0.4 is 5.73 Å². The summed E-state index contributed by atoms with van der Waals surface area (Å²) >= 11 is 0. The van der Waals surface area contributed by atoms with Crippen molar-refractivity contribution in [1.82, 2.24) is 4.98 Å². The molecule has 0 radical (unpaired) electrons. The number of fused-ring (bicyclic) bond motifs is 1. The Balaban J connectivity index is 1.96. The zero-order chi connectivity index (χ0) is 14.2. The highest BCUT2D eigenvalue weighted by Crippen LogP contribution is 2.41. The first kappa shape index (κ1) is 13.6. The lowest BCUT2D eigenvalue weighted by molar-refractivity contribution is 0.184. The van der Waals surface area contributed by atoms with Gasteiger partial charge in [-0.2, -0.15) is 0 Å². The van der Waals surface area contributed by atoms with Gasteiger partial charge in [0.25, 0.3) is 0 Å². The van der Waals surface area contributed by atoms with Crippen molar-refractivity contribution in [3.63, 3.8) is 0 Å². The van der Waals surface area contributed by atoms with Crippen molar-refractivity contribution in [3.8, 4) is 0 Å². The number of rotatable bonds is 2. The SMILES string of the molecule is CC(C)C1CCCC(N)(c2ccc3cccnc3c2)C1. The van der Waals surface area contributed by atoms with E-state index in [2.05, 4.69) is 43.1 Å². The standard InChI is InChI=1S/C18H24N2/c1-13(2)15-5-3-9-18(19,12-15)16-8-7-14-6-4-10-20-17(14)11-16/h4,6-8,10-11,13,15H,3,5,9,12,19H2,1-2H3. The van der Waals surface area contributed by atoms with Gasteiger partial charge in [-0.25, -0.2) is 0 Å². The van der Waals surface area contributed by atoms with E-state index in [9.17, 15) is 0 Å². The van der Waals surface area contributed by atoms with Crippen molar-refractivity contribution in [2.24, 2.45) is 17.6 Å². The maximum Gasteiger partial charge on any atom is 0.0705 e. The monoisotopic (exact) mass is 268 g/mol. The molecule has 1 aromatic carbocycles. The van der Waals surface area contributed by atoms with Crippen LogP contribution in [0.4, 0.5) is 0 Å². The van der Waals surface area contributed by atoms with Crippen LogP contribution in [0.2, 0.25) is 0 Å². The molecule has 2 aromatic rings. The Morgan fingerprint density at radius 2 is 2.15 bits per heavy atom. The summed E-state index contributed by atoms with van der Waals surface area (Å²) < 4.78 is 0. The lowest BCUT2D eigenvalue weighted by Gasteiger charge is -2.40. The molecular formula is C18H24N2. The molecular weight excluding hydrogens is 244 g/mol. The third-order valence-electron chi connectivity index (χ3n) is 4.95. The summed E-state index contributed by atoms with van der Waals surface area (Å²) in [6, 6.07) is 10.6. The van der Waals surface area contributed by atoms with Crippen LogP contribution in [0.3, 0.4) is 0 Å². The van der Waals surface area contributed by atoms with Crippen LogP contribution >= 0.6 is 0 Å². The van der Waals surface area contributed by atoms with Crippen molar-refractivity contribution in [2.75, 3.05) is 0 Å². The second-order valence-corrected chi connectivity index (χ2v) is 6.67. The number of pyridine rings is 1. The van der Waals surface area contributed by atoms with Crippen molar-refractivity contribution < 1.29 is 0 Å². The third-order valence-corrected chi connectivity index (χ3v) is 4.95. The van der Waals surface area contributed by atoms with Gasteiger partial charge in [0.1, 0.15) is 0 Å². The molecule has 0 saturated heterocycles. The van der Waals surface area contributed by atoms with Gasteiger partial charge in [0.05, 0.1) is 5.52 Å². The first-order valence-corrected chi connectivity index (χ1v) is 7.73. The first-order chi connectivity index (χ1) is 9.58. The zero-order valence-corrected chi connectivity index (χ0v) is 12.5. The number of nitrogens with two attached hydrogens (primary N) is 1. The minimum Gasteiger partial charge on any atom is -0.321 e. The minimum atomic E-state index is -0.168. The Kier molecular flexibility index (Phi) is 3.51. The van der Waals surface area contributed by atoms with Crippen LogP contribution in [0.25, 0.3) is 10.9 Å². The molecule has 2 unspecified atom stereocenters. The average Bonchev–Trinajstić information content (AvgIpc) is 2.47. The molecule has 2 nitrogen and oxygen atoms in total. The van der Waals surface area contributed by atoms with Crippen LogP contribution in [0.15, 0.2) is 36.5 Å². The predicted molar refractivity (Wildman–Crippen MR) is 84.4 cm³/mol. The maximum absolute atomic E-state index is 6.77. The molecule has 0 aliphatic heterocycles. The molecule has 1 heterocycles. The second kappa shape index (κ2) is 5.17. The van der Waals surface area contributed by atoms with E-state index in [0.717, 1.165) is 30.2 Å². The number of aromatic nitrogens is 1. The van der Waals surface area contributed by atoms with E-state index >= 15 is 0 Å². The summed E-state index contributed by atoms with van der Waals surface area (Å²) in [5.74, 6) is 1.46. The molecule has 1 fully saturated rings. The second-order valence-electron chi connectivity index (χ2n) is 6.67. The molecule has 0 spiro atoms. The number of hydrogen-bond acceptors (Lipinski definition) is 2. The van der Waals surface area contributed by atoms with E-state index in [0.29, 0.717) is 0 Å². The summed E-state index contributed by atoms with van der Waals surface area (Å²) in [6.45, 7) is 4.64. The largest absolute Gasteiger partial charge is 0.321 e. The maximum atomic E-state index is 6.77. The normalized spacial score (nSPS) is 27.1. The molecule has 1 saturated carbocycles. The van der Waals surface area contributed by atoms with Gasteiger partial charge in [-0.1, -0.05) is 44.9 Å². The van der Waals surface area contributed by atoms with Gasteiger partial charge in [0.15, 0.2) is 0 Å². The molecule has 2 heteroatoms. The Labute approximate surface area is 121 Å². The molecule has 20 heavy (non-hydrogen) atoms. The highest BCUT2D eigenvalue weighted by Gasteiger charge is 2.35. The fourth-order valence-electron chi connectivity index (χ4n) is 3.56. The van der Waals surface area contributed by atoms with Gasteiger partial charge in [-0.05, 0) is 42.4 Å². The summed E-state index contributed by atoms with van der Waals surface area (Å²) in [6.07, 6.45) is 6.60. The summed E-state index contributed by atoms with van der Waals surface area (Å²) in [5, 5.41) is 1.19. The van der Waals surface area contributed by atoms with Gasteiger partial charge in [-0.3, -0.25) is 4.98 Å². The van der Waals surface area contributed by atoms with Gasteiger partial charge in [0.2, 0.25) is 0 Å². The van der Waals surface area contributed by atoms with E-state index < -0.39 is 0 Å². The Hall–Kier alpha value is -1.41. The molecule has 2 N–H and O–H groups in total. The molecule has 0 bridgehead atoms. The molecule has 0 amide bonds. The first-order valence-electron chi connectivity index (χ1n) is 7.73. The minimum absolute atomic E-state index is 0.168. The van der Waals surface area contributed by atoms with Crippen LogP contribution in [0.5, 0.6) is 0 Å². The van der Waals surface area contributed by atoms with Crippen LogP contribution in [-0.4, -0.2) is 4.98 Å². The van der Waals surface area contributed by atoms with Crippen LogP contribution in [-0.2, 0) is 5.54 Å². The zero-order valence-electron chi connectivity index (χ0n) is 12.5. The average molecular weight is 268 g/mol. The molecule has 3 rings (SSSR count). The molecule has 1 aromatic heterocycles. The van der Waals surface area contributed by atoms with Crippen molar-refractivity contribution in [2.45, 2.75) is 45.1 Å². The summed E-state index contributed by atoms with van der Waals surface area (Å²) in [4.78, 5) is 4.47. The lowest BCUT2D eigenvalue weighted by atomic mass is 9.69. The summed E-state index contributed by atoms with van der Waals surface area (Å²) in [7, 11) is 0. The van der Waals surface area contributed by atoms with E-state index in [4.69, 9.17) is 5.73 Å². The lowest BCUT2D eigenvalue weighted by Crippen LogP contribution is -2.42. The fraction of sp³-hybridized carbons (Fsp3) is 0.500. The number of benzene rings is 1. The fourth-order valence-corrected chi connectivity index (χ4v) is 3.56. The molecule has 2 atom stereocenters. The van der Waals surface area contributed by atoms with Crippen molar-refractivity contribution in [3.05, 3.63) is 42.1 Å². The quantitative estimate of drug-likeness (QED) is 0.885.